The van der Waals surface area contributed by atoms with Crippen LogP contribution in [0.2, 0.25) is 0 Å². The van der Waals surface area contributed by atoms with Gasteiger partial charge in [-0.2, -0.15) is 0 Å². The van der Waals surface area contributed by atoms with Gasteiger partial charge in [0.1, 0.15) is 6.10 Å². The van der Waals surface area contributed by atoms with Gasteiger partial charge in [0.15, 0.2) is 5.96 Å². The van der Waals surface area contributed by atoms with E-state index < -0.39 is 0 Å². The van der Waals surface area contributed by atoms with Crippen molar-refractivity contribution in [2.75, 3.05) is 20.1 Å². The van der Waals surface area contributed by atoms with Gasteiger partial charge in [-0.05, 0) is 68.9 Å². The van der Waals surface area contributed by atoms with Crippen LogP contribution in [-0.4, -0.2) is 54.2 Å². The Morgan fingerprint density at radius 1 is 1.14 bits per heavy atom. The first-order valence-electron chi connectivity index (χ1n) is 11.5. The fourth-order valence-electron chi connectivity index (χ4n) is 4.57. The highest BCUT2D eigenvalue weighted by atomic mass is 16.5. The minimum absolute atomic E-state index is 0.317. The molecular formula is C23H37N5O. The van der Waals surface area contributed by atoms with Crippen LogP contribution in [0.4, 0.5) is 0 Å². The molecule has 0 radical (unpaired) electrons. The standard InChI is InChI=1S/C23H37N5O/c1-17-3-7-21(8-4-17)29-22-15-18(9-12-25-22)16-26-23(24-2)27-19-10-13-28(14-11-19)20-5-6-20/h9,12,15,17,19-21H,3-8,10-11,13-14,16H2,1-2H3,(H2,24,26,27). The molecule has 160 valence electrons. The molecule has 1 aromatic heterocycles. The lowest BCUT2D eigenvalue weighted by Gasteiger charge is -2.33. The first-order chi connectivity index (χ1) is 14.2. The molecule has 0 amide bonds. The highest BCUT2D eigenvalue weighted by Crippen LogP contribution is 2.29. The zero-order chi connectivity index (χ0) is 20.1. The van der Waals surface area contributed by atoms with E-state index in [1.54, 1.807) is 0 Å². The van der Waals surface area contributed by atoms with Crippen LogP contribution in [-0.2, 0) is 6.54 Å². The van der Waals surface area contributed by atoms with Gasteiger partial charge >= 0.3 is 0 Å². The number of nitrogens with zero attached hydrogens (tertiary/aromatic N) is 3. The quantitative estimate of drug-likeness (QED) is 0.568. The number of guanidine groups is 1. The van der Waals surface area contributed by atoms with Crippen molar-refractivity contribution >= 4 is 5.96 Å². The van der Waals surface area contributed by atoms with Crippen LogP contribution in [0, 0.1) is 5.92 Å². The van der Waals surface area contributed by atoms with Crippen molar-refractivity contribution in [3.8, 4) is 5.88 Å². The van der Waals surface area contributed by atoms with E-state index in [-0.39, 0.29) is 0 Å². The fourth-order valence-corrected chi connectivity index (χ4v) is 4.57. The number of hydrogen-bond donors (Lipinski definition) is 2. The van der Waals surface area contributed by atoms with Crippen molar-refractivity contribution in [1.82, 2.24) is 20.5 Å². The molecule has 6 nitrogen and oxygen atoms in total. The predicted molar refractivity (Wildman–Crippen MR) is 117 cm³/mol. The van der Waals surface area contributed by atoms with Crippen molar-refractivity contribution in [1.29, 1.82) is 0 Å². The van der Waals surface area contributed by atoms with E-state index in [0.717, 1.165) is 43.2 Å². The molecule has 6 heteroatoms. The zero-order valence-corrected chi connectivity index (χ0v) is 18.1. The molecule has 0 spiro atoms. The average molecular weight is 400 g/mol. The molecule has 1 aromatic rings. The number of aliphatic imine (C=N–C) groups is 1. The van der Waals surface area contributed by atoms with Crippen molar-refractivity contribution in [3.63, 3.8) is 0 Å². The molecule has 2 N–H and O–H groups in total. The molecular weight excluding hydrogens is 362 g/mol. The third-order valence-electron chi connectivity index (χ3n) is 6.67. The Labute approximate surface area is 175 Å². The summed E-state index contributed by atoms with van der Waals surface area (Å²) in [7, 11) is 1.85. The number of piperidine rings is 1. The average Bonchev–Trinajstić information content (AvgIpc) is 3.59. The molecule has 2 heterocycles. The Kier molecular flexibility index (Phi) is 6.90. The highest BCUT2D eigenvalue weighted by molar-refractivity contribution is 5.79. The van der Waals surface area contributed by atoms with E-state index in [4.69, 9.17) is 4.74 Å². The summed E-state index contributed by atoms with van der Waals surface area (Å²) in [4.78, 5) is 11.5. The Bertz CT molecular complexity index is 674. The third kappa shape index (κ3) is 6.08. The second-order valence-electron chi connectivity index (χ2n) is 9.11. The molecule has 0 atom stereocenters. The number of pyridine rings is 1. The van der Waals surface area contributed by atoms with Crippen LogP contribution in [0.15, 0.2) is 23.3 Å². The summed E-state index contributed by atoms with van der Waals surface area (Å²) >= 11 is 0. The number of likely N-dealkylation sites (tertiary alicyclic amines) is 1. The van der Waals surface area contributed by atoms with E-state index in [1.165, 1.54) is 57.2 Å². The van der Waals surface area contributed by atoms with Crippen LogP contribution < -0.4 is 15.4 Å². The molecule has 2 aliphatic carbocycles. The van der Waals surface area contributed by atoms with Gasteiger partial charge in [0.05, 0.1) is 0 Å². The van der Waals surface area contributed by atoms with Gasteiger partial charge in [-0.1, -0.05) is 6.92 Å². The van der Waals surface area contributed by atoms with E-state index >= 15 is 0 Å². The molecule has 2 saturated carbocycles. The van der Waals surface area contributed by atoms with Gasteiger partial charge in [0.2, 0.25) is 5.88 Å². The van der Waals surface area contributed by atoms with Gasteiger partial charge in [0.25, 0.3) is 0 Å². The molecule has 3 aliphatic rings. The lowest BCUT2D eigenvalue weighted by Crippen LogP contribution is -2.48. The summed E-state index contributed by atoms with van der Waals surface area (Å²) in [5, 5.41) is 7.06. The summed E-state index contributed by atoms with van der Waals surface area (Å²) in [5.41, 5.74) is 1.17. The molecule has 4 rings (SSSR count). The smallest absolute Gasteiger partial charge is 0.213 e. The maximum atomic E-state index is 6.14. The number of nitrogens with one attached hydrogen (secondary N) is 2. The summed E-state index contributed by atoms with van der Waals surface area (Å²) < 4.78 is 6.14. The second-order valence-corrected chi connectivity index (χ2v) is 9.11. The first kappa shape index (κ1) is 20.5. The zero-order valence-electron chi connectivity index (χ0n) is 18.1. The predicted octanol–water partition coefficient (Wildman–Crippen LogP) is 3.33. The van der Waals surface area contributed by atoms with Crippen LogP contribution in [0.25, 0.3) is 0 Å². The molecule has 3 fully saturated rings. The van der Waals surface area contributed by atoms with Crippen molar-refractivity contribution in [2.24, 2.45) is 10.9 Å². The van der Waals surface area contributed by atoms with Crippen LogP contribution in [0.1, 0.15) is 63.9 Å². The number of ether oxygens (including phenoxy) is 1. The molecule has 0 aromatic carbocycles. The minimum Gasteiger partial charge on any atom is -0.474 e. The third-order valence-corrected chi connectivity index (χ3v) is 6.67. The van der Waals surface area contributed by atoms with Crippen LogP contribution >= 0.6 is 0 Å². The Hall–Kier alpha value is -1.82. The SMILES string of the molecule is CN=C(NCc1ccnc(OC2CCC(C)CC2)c1)NC1CCN(C2CC2)CC1. The van der Waals surface area contributed by atoms with E-state index in [1.807, 2.05) is 19.3 Å². The number of rotatable bonds is 6. The Morgan fingerprint density at radius 3 is 2.59 bits per heavy atom. The van der Waals surface area contributed by atoms with Gasteiger partial charge in [-0.15, -0.1) is 0 Å². The van der Waals surface area contributed by atoms with Crippen LogP contribution in [0.5, 0.6) is 5.88 Å². The molecule has 29 heavy (non-hydrogen) atoms. The molecule has 0 unspecified atom stereocenters. The summed E-state index contributed by atoms with van der Waals surface area (Å²) in [6, 6.07) is 5.51. The molecule has 1 aliphatic heterocycles. The van der Waals surface area contributed by atoms with Gasteiger partial charge in [-0.3, -0.25) is 4.99 Å². The van der Waals surface area contributed by atoms with Gasteiger partial charge in [-0.25, -0.2) is 4.98 Å². The van der Waals surface area contributed by atoms with Gasteiger partial charge in [0, 0.05) is 51.0 Å². The topological polar surface area (TPSA) is 61.8 Å². The summed E-state index contributed by atoms with van der Waals surface area (Å²) in [6.45, 7) is 5.48. The lowest BCUT2D eigenvalue weighted by molar-refractivity contribution is 0.130. The largest absolute Gasteiger partial charge is 0.474 e. The fraction of sp³-hybridized carbons (Fsp3) is 0.739. The molecule has 1 saturated heterocycles. The van der Waals surface area contributed by atoms with E-state index in [0.29, 0.717) is 12.1 Å². The molecule has 0 bridgehead atoms. The minimum atomic E-state index is 0.317. The Balaban J connectivity index is 1.22. The number of hydrogen-bond acceptors (Lipinski definition) is 4. The summed E-state index contributed by atoms with van der Waals surface area (Å²) in [5.74, 6) is 2.47. The first-order valence-corrected chi connectivity index (χ1v) is 11.5. The van der Waals surface area contributed by atoms with Gasteiger partial charge < -0.3 is 20.3 Å². The van der Waals surface area contributed by atoms with E-state index in [2.05, 4.69) is 38.5 Å². The number of aromatic nitrogens is 1. The normalized spacial score (nSPS) is 26.9. The Morgan fingerprint density at radius 2 is 1.90 bits per heavy atom. The monoisotopic (exact) mass is 399 g/mol. The summed E-state index contributed by atoms with van der Waals surface area (Å²) in [6.07, 6.45) is 12.2. The van der Waals surface area contributed by atoms with Crippen molar-refractivity contribution in [2.45, 2.75) is 83.0 Å². The van der Waals surface area contributed by atoms with Crippen molar-refractivity contribution < 1.29 is 4.74 Å². The second kappa shape index (κ2) is 9.79. The lowest BCUT2D eigenvalue weighted by atomic mass is 9.89. The van der Waals surface area contributed by atoms with Crippen LogP contribution in [0.3, 0.4) is 0 Å². The van der Waals surface area contributed by atoms with Crippen molar-refractivity contribution in [3.05, 3.63) is 23.9 Å². The highest BCUT2D eigenvalue weighted by Gasteiger charge is 2.31. The maximum absolute atomic E-state index is 6.14. The van der Waals surface area contributed by atoms with E-state index in [9.17, 15) is 0 Å². The maximum Gasteiger partial charge on any atom is 0.213 e.